The van der Waals surface area contributed by atoms with Crippen molar-refractivity contribution >= 4 is 29.9 Å². The third kappa shape index (κ3) is 4.39. The molecule has 1 aliphatic heterocycles. The molecule has 7 nitrogen and oxygen atoms in total. The van der Waals surface area contributed by atoms with Gasteiger partial charge >= 0.3 is 7.12 Å². The van der Waals surface area contributed by atoms with Gasteiger partial charge in [-0.3, -0.25) is 9.59 Å². The van der Waals surface area contributed by atoms with Crippen molar-refractivity contribution in [3.05, 3.63) is 36.1 Å². The molecule has 150 valence electrons. The van der Waals surface area contributed by atoms with E-state index >= 15 is 0 Å². The zero-order chi connectivity index (χ0) is 20.3. The molecule has 0 aliphatic carbocycles. The lowest BCUT2D eigenvalue weighted by Gasteiger charge is -2.31. The van der Waals surface area contributed by atoms with Crippen LogP contribution in [0.25, 0.3) is 11.0 Å². The molecule has 0 radical (unpaired) electrons. The molecular formula is C20H27BN2O5. The van der Waals surface area contributed by atoms with E-state index in [4.69, 9.17) is 9.07 Å². The van der Waals surface area contributed by atoms with Crippen molar-refractivity contribution in [2.24, 2.45) is 0 Å². The van der Waals surface area contributed by atoms with E-state index < -0.39 is 13.1 Å². The molecule has 0 bridgehead atoms. The third-order valence-corrected chi connectivity index (χ3v) is 5.48. The number of rotatable bonds is 8. The molecule has 0 unspecified atom stereocenters. The van der Waals surface area contributed by atoms with Crippen molar-refractivity contribution in [3.8, 4) is 0 Å². The minimum absolute atomic E-state index is 0.0798. The average molecular weight is 386 g/mol. The highest BCUT2D eigenvalue weighted by molar-refractivity contribution is 6.45. The van der Waals surface area contributed by atoms with Gasteiger partial charge < -0.3 is 24.3 Å². The molecule has 28 heavy (non-hydrogen) atoms. The smallest absolute Gasteiger partial charge is 0.464 e. The van der Waals surface area contributed by atoms with Gasteiger partial charge in [-0.15, -0.1) is 0 Å². The van der Waals surface area contributed by atoms with Crippen LogP contribution in [0.1, 0.15) is 38.7 Å². The number of nitrogens with one attached hydrogen (secondary N) is 1. The van der Waals surface area contributed by atoms with Crippen molar-refractivity contribution in [2.75, 3.05) is 13.7 Å². The number of benzene rings is 1. The number of hydrogen-bond donors (Lipinski definition) is 2. The predicted molar refractivity (Wildman–Crippen MR) is 106 cm³/mol. The lowest BCUT2D eigenvalue weighted by molar-refractivity contribution is -0.131. The Bertz CT molecular complexity index is 850. The Kier molecular flexibility index (Phi) is 6.10. The summed E-state index contributed by atoms with van der Waals surface area (Å²) in [6.07, 6.45) is 3.50. The predicted octanol–water partition coefficient (Wildman–Crippen LogP) is 1.92. The number of likely N-dealkylation sites (tertiary alicyclic amines) is 1. The summed E-state index contributed by atoms with van der Waals surface area (Å²) in [6, 6.07) is 7.61. The second-order valence-electron chi connectivity index (χ2n) is 7.87. The first kappa shape index (κ1) is 20.4. The van der Waals surface area contributed by atoms with Gasteiger partial charge in [0.15, 0.2) is 0 Å². The average Bonchev–Trinajstić information content (AvgIpc) is 3.19. The van der Waals surface area contributed by atoms with Gasteiger partial charge in [0.05, 0.1) is 12.2 Å². The number of hydrogen-bond acceptors (Lipinski definition) is 5. The van der Waals surface area contributed by atoms with Crippen LogP contribution in [0.4, 0.5) is 0 Å². The summed E-state index contributed by atoms with van der Waals surface area (Å²) in [7, 11) is 0.241. The quantitative estimate of drug-likeness (QED) is 0.677. The van der Waals surface area contributed by atoms with Crippen LogP contribution in [-0.4, -0.2) is 54.0 Å². The number of carbonyl (C=O) groups is 2. The minimum atomic E-state index is -1.15. The zero-order valence-electron chi connectivity index (χ0n) is 16.6. The van der Waals surface area contributed by atoms with E-state index in [1.807, 2.05) is 38.1 Å². The number of amides is 2. The van der Waals surface area contributed by atoms with Crippen molar-refractivity contribution < 1.29 is 23.7 Å². The summed E-state index contributed by atoms with van der Waals surface area (Å²) < 4.78 is 10.6. The molecule has 1 saturated heterocycles. The summed E-state index contributed by atoms with van der Waals surface area (Å²) in [5.74, 6) is -0.777. The highest BCUT2D eigenvalue weighted by Crippen LogP contribution is 2.29. The Morgan fingerprint density at radius 1 is 1.43 bits per heavy atom. The van der Waals surface area contributed by atoms with Gasteiger partial charge in [0.1, 0.15) is 5.58 Å². The topological polar surface area (TPSA) is 92.0 Å². The first-order valence-electron chi connectivity index (χ1n) is 9.57. The zero-order valence-corrected chi connectivity index (χ0v) is 16.6. The first-order valence-corrected chi connectivity index (χ1v) is 9.57. The monoisotopic (exact) mass is 386 g/mol. The fraction of sp³-hybridized carbons (Fsp3) is 0.500. The maximum Gasteiger partial charge on any atom is 0.478 e. The Morgan fingerprint density at radius 3 is 2.86 bits per heavy atom. The molecule has 3 rings (SSSR count). The maximum atomic E-state index is 12.5. The molecule has 1 aliphatic rings. The van der Waals surface area contributed by atoms with Crippen molar-refractivity contribution in [3.63, 3.8) is 0 Å². The molecule has 2 heterocycles. The largest absolute Gasteiger partial charge is 0.478 e. The van der Waals surface area contributed by atoms with Crippen LogP contribution in [0.2, 0.25) is 0 Å². The van der Waals surface area contributed by atoms with E-state index in [2.05, 4.69) is 5.32 Å². The van der Waals surface area contributed by atoms with Gasteiger partial charge in [-0.2, -0.15) is 0 Å². The lowest BCUT2D eigenvalue weighted by Crippen LogP contribution is -2.50. The number of fused-ring (bicyclic) bond motifs is 1. The van der Waals surface area contributed by atoms with Gasteiger partial charge in [0.25, 0.3) is 0 Å². The van der Waals surface area contributed by atoms with Crippen molar-refractivity contribution in [1.29, 1.82) is 0 Å². The molecular weight excluding hydrogens is 359 g/mol. The highest BCUT2D eigenvalue weighted by atomic mass is 16.5. The SMILES string of the molecule is COB(O)[C@H](Cc1coc2ccccc12)NC(=O)CCN1C(=O)CCC1(C)C. The number of para-hydroxylation sites is 1. The maximum absolute atomic E-state index is 12.5. The van der Waals surface area contributed by atoms with Crippen LogP contribution in [0.15, 0.2) is 34.9 Å². The third-order valence-electron chi connectivity index (χ3n) is 5.48. The van der Waals surface area contributed by atoms with E-state index in [0.29, 0.717) is 19.4 Å². The van der Waals surface area contributed by atoms with Gasteiger partial charge in [-0.05, 0) is 38.3 Å². The van der Waals surface area contributed by atoms with Gasteiger partial charge in [-0.1, -0.05) is 18.2 Å². The minimum Gasteiger partial charge on any atom is -0.464 e. The summed E-state index contributed by atoms with van der Waals surface area (Å²) in [5.41, 5.74) is 1.41. The van der Waals surface area contributed by atoms with E-state index in [1.165, 1.54) is 7.11 Å². The molecule has 8 heteroatoms. The first-order chi connectivity index (χ1) is 13.3. The van der Waals surface area contributed by atoms with E-state index in [0.717, 1.165) is 23.0 Å². The fourth-order valence-corrected chi connectivity index (χ4v) is 3.76. The van der Waals surface area contributed by atoms with Crippen molar-refractivity contribution in [1.82, 2.24) is 10.2 Å². The molecule has 1 aromatic heterocycles. The van der Waals surface area contributed by atoms with Crippen LogP contribution in [0.5, 0.6) is 0 Å². The summed E-state index contributed by atoms with van der Waals surface area (Å²) >= 11 is 0. The van der Waals surface area contributed by atoms with Crippen molar-refractivity contribution in [2.45, 2.75) is 51.0 Å². The summed E-state index contributed by atoms with van der Waals surface area (Å²) in [5, 5.41) is 14.0. The molecule has 1 fully saturated rings. The normalized spacial score (nSPS) is 17.1. The Hall–Kier alpha value is -2.32. The number of nitrogens with zero attached hydrogens (tertiary/aromatic N) is 1. The molecule has 2 aromatic rings. The van der Waals surface area contributed by atoms with Crippen LogP contribution in [0.3, 0.4) is 0 Å². The van der Waals surface area contributed by atoms with Gasteiger partial charge in [0.2, 0.25) is 11.8 Å². The van der Waals surface area contributed by atoms with Crippen LogP contribution in [0, 0.1) is 0 Å². The molecule has 0 spiro atoms. The fourth-order valence-electron chi connectivity index (χ4n) is 3.76. The molecule has 0 saturated carbocycles. The summed E-state index contributed by atoms with van der Waals surface area (Å²) in [4.78, 5) is 26.3. The number of furan rings is 1. The second-order valence-corrected chi connectivity index (χ2v) is 7.87. The van der Waals surface area contributed by atoms with Crippen LogP contribution in [-0.2, 0) is 20.7 Å². The summed E-state index contributed by atoms with van der Waals surface area (Å²) in [6.45, 7) is 4.39. The molecule has 2 N–H and O–H groups in total. The van der Waals surface area contributed by atoms with E-state index in [9.17, 15) is 14.6 Å². The number of carbonyl (C=O) groups excluding carboxylic acids is 2. The van der Waals surface area contributed by atoms with Gasteiger partial charge in [0, 0.05) is 37.4 Å². The highest BCUT2D eigenvalue weighted by Gasteiger charge is 2.37. The Balaban J connectivity index is 1.64. The second kappa shape index (κ2) is 8.37. The van der Waals surface area contributed by atoms with E-state index in [-0.39, 0.29) is 23.8 Å². The van der Waals surface area contributed by atoms with Crippen LogP contribution < -0.4 is 5.32 Å². The molecule has 1 atom stereocenters. The standard InChI is InChI=1S/C20H27BN2O5/c1-20(2)10-8-19(25)23(20)11-9-18(24)22-17(21(26)27-3)12-14-13-28-16-7-5-4-6-15(14)16/h4-7,13,17,26H,8-12H2,1-3H3,(H,22,24)/t17-/m0/s1. The molecule has 1 aromatic carbocycles. The van der Waals surface area contributed by atoms with Gasteiger partial charge in [-0.25, -0.2) is 0 Å². The lowest BCUT2D eigenvalue weighted by atomic mass is 9.75. The van der Waals surface area contributed by atoms with E-state index in [1.54, 1.807) is 11.2 Å². The Morgan fingerprint density at radius 2 is 2.18 bits per heavy atom. The van der Waals surface area contributed by atoms with Crippen LogP contribution >= 0.6 is 0 Å². The Labute approximate surface area is 165 Å². The molecule has 2 amide bonds.